The second kappa shape index (κ2) is 8.22. The summed E-state index contributed by atoms with van der Waals surface area (Å²) in [7, 11) is 0. The SMILES string of the molecule is CCCCC1CCCCC1(CCCC)NC(N)=[Se]. The van der Waals surface area contributed by atoms with Crippen LogP contribution in [0.4, 0.5) is 0 Å². The summed E-state index contributed by atoms with van der Waals surface area (Å²) in [5.41, 5.74) is 6.20. The van der Waals surface area contributed by atoms with Crippen LogP contribution in [-0.2, 0) is 0 Å². The number of hydrogen-bond donors (Lipinski definition) is 2. The third-order valence-electron chi connectivity index (χ3n) is 4.46. The summed E-state index contributed by atoms with van der Waals surface area (Å²) in [6.07, 6.45) is 13.3. The van der Waals surface area contributed by atoms with Gasteiger partial charge in [-0.05, 0) is 0 Å². The number of hydrogen-bond acceptors (Lipinski definition) is 2. The Labute approximate surface area is 121 Å². The summed E-state index contributed by atoms with van der Waals surface area (Å²) in [4.78, 5) is 0. The van der Waals surface area contributed by atoms with Crippen molar-refractivity contribution in [2.45, 2.75) is 83.6 Å². The average molecular weight is 317 g/mol. The van der Waals surface area contributed by atoms with Gasteiger partial charge in [0, 0.05) is 0 Å². The topological polar surface area (TPSA) is 38.0 Å². The zero-order valence-electron chi connectivity index (χ0n) is 12.1. The molecular formula is C15H30N2Se. The first-order valence-electron chi connectivity index (χ1n) is 7.72. The van der Waals surface area contributed by atoms with E-state index >= 15 is 0 Å². The molecule has 1 aliphatic carbocycles. The van der Waals surface area contributed by atoms with Gasteiger partial charge in [-0.25, -0.2) is 0 Å². The molecule has 0 amide bonds. The van der Waals surface area contributed by atoms with E-state index < -0.39 is 0 Å². The van der Waals surface area contributed by atoms with Crippen molar-refractivity contribution in [3.05, 3.63) is 0 Å². The van der Waals surface area contributed by atoms with Gasteiger partial charge in [-0.3, -0.25) is 0 Å². The third-order valence-corrected chi connectivity index (χ3v) is 4.68. The maximum absolute atomic E-state index is 5.92. The molecule has 106 valence electrons. The van der Waals surface area contributed by atoms with Gasteiger partial charge in [0.2, 0.25) is 0 Å². The van der Waals surface area contributed by atoms with E-state index in [-0.39, 0.29) is 5.54 Å². The molecule has 0 aromatic carbocycles. The zero-order valence-corrected chi connectivity index (χ0v) is 13.8. The fourth-order valence-electron chi connectivity index (χ4n) is 3.48. The second-order valence-corrected chi connectivity index (χ2v) is 6.76. The summed E-state index contributed by atoms with van der Waals surface area (Å²) in [6.45, 7) is 4.57. The summed E-state index contributed by atoms with van der Waals surface area (Å²) in [6, 6.07) is 0. The van der Waals surface area contributed by atoms with E-state index in [0.29, 0.717) is 0 Å². The van der Waals surface area contributed by atoms with E-state index in [4.69, 9.17) is 5.73 Å². The van der Waals surface area contributed by atoms with Crippen LogP contribution in [0, 0.1) is 5.92 Å². The first-order chi connectivity index (χ1) is 8.64. The van der Waals surface area contributed by atoms with E-state index in [0.717, 1.165) is 10.6 Å². The van der Waals surface area contributed by atoms with Crippen molar-refractivity contribution in [3.63, 3.8) is 0 Å². The van der Waals surface area contributed by atoms with E-state index in [1.807, 2.05) is 0 Å². The van der Waals surface area contributed by atoms with E-state index in [1.165, 1.54) is 64.2 Å². The number of nitrogens with one attached hydrogen (secondary N) is 1. The molecule has 1 saturated carbocycles. The molecule has 2 atom stereocenters. The molecule has 0 spiro atoms. The van der Waals surface area contributed by atoms with Gasteiger partial charge in [0.15, 0.2) is 0 Å². The van der Waals surface area contributed by atoms with Crippen molar-refractivity contribution in [2.75, 3.05) is 0 Å². The minimum atomic E-state index is 0.277. The number of nitrogens with two attached hydrogens (primary N) is 1. The van der Waals surface area contributed by atoms with Crippen molar-refractivity contribution >= 4 is 20.2 Å². The minimum absolute atomic E-state index is 0.277. The third kappa shape index (κ3) is 4.59. The Kier molecular flexibility index (Phi) is 7.33. The van der Waals surface area contributed by atoms with Crippen LogP contribution in [0.5, 0.6) is 0 Å². The molecule has 2 unspecified atom stereocenters. The van der Waals surface area contributed by atoms with Crippen LogP contribution in [0.25, 0.3) is 0 Å². The van der Waals surface area contributed by atoms with Crippen molar-refractivity contribution in [1.29, 1.82) is 0 Å². The van der Waals surface area contributed by atoms with Crippen molar-refractivity contribution in [1.82, 2.24) is 5.32 Å². The molecule has 0 saturated heterocycles. The quantitative estimate of drug-likeness (QED) is 0.675. The molecular weight excluding hydrogens is 287 g/mol. The Bertz CT molecular complexity index is 255. The van der Waals surface area contributed by atoms with Crippen molar-refractivity contribution in [3.8, 4) is 0 Å². The Morgan fingerprint density at radius 3 is 2.61 bits per heavy atom. The fraction of sp³-hybridized carbons (Fsp3) is 0.933. The van der Waals surface area contributed by atoms with Crippen molar-refractivity contribution in [2.24, 2.45) is 11.7 Å². The van der Waals surface area contributed by atoms with Crippen LogP contribution >= 0.6 is 0 Å². The van der Waals surface area contributed by atoms with Crippen LogP contribution in [-0.4, -0.2) is 25.8 Å². The molecule has 0 aliphatic heterocycles. The molecule has 3 heteroatoms. The number of rotatable bonds is 8. The molecule has 0 bridgehead atoms. The van der Waals surface area contributed by atoms with E-state index in [2.05, 4.69) is 34.7 Å². The van der Waals surface area contributed by atoms with E-state index in [1.54, 1.807) is 0 Å². The Hall–Kier alpha value is -0.0105. The predicted molar refractivity (Wildman–Crippen MR) is 81.8 cm³/mol. The summed E-state index contributed by atoms with van der Waals surface area (Å²) < 4.78 is 0.787. The molecule has 0 aromatic heterocycles. The zero-order chi connectivity index (χ0) is 13.4. The molecule has 0 heterocycles. The van der Waals surface area contributed by atoms with Gasteiger partial charge in [-0.15, -0.1) is 0 Å². The van der Waals surface area contributed by atoms with E-state index in [9.17, 15) is 0 Å². The molecule has 1 aliphatic rings. The van der Waals surface area contributed by atoms with Crippen LogP contribution in [0.2, 0.25) is 0 Å². The Balaban J connectivity index is 2.75. The Morgan fingerprint density at radius 2 is 2.00 bits per heavy atom. The van der Waals surface area contributed by atoms with Crippen LogP contribution in [0.3, 0.4) is 0 Å². The molecule has 18 heavy (non-hydrogen) atoms. The van der Waals surface area contributed by atoms with Crippen LogP contribution < -0.4 is 11.1 Å². The van der Waals surface area contributed by atoms with Crippen molar-refractivity contribution < 1.29 is 0 Å². The standard InChI is InChI=1S/C15H30N2Se/c1-3-5-9-13-10-7-8-12-15(13,11-6-4-2)17-14(16)18/h13H,3-12H2,1-2H3,(H3,16,17,18). The van der Waals surface area contributed by atoms with Gasteiger partial charge in [0.05, 0.1) is 0 Å². The van der Waals surface area contributed by atoms with Gasteiger partial charge in [-0.1, -0.05) is 0 Å². The molecule has 2 nitrogen and oxygen atoms in total. The first-order valence-corrected chi connectivity index (χ1v) is 8.58. The summed E-state index contributed by atoms with van der Waals surface area (Å²) >= 11 is 2.95. The summed E-state index contributed by atoms with van der Waals surface area (Å²) in [5, 5.41) is 3.63. The predicted octanol–water partition coefficient (Wildman–Crippen LogP) is 3.10. The molecule has 1 fully saturated rings. The summed E-state index contributed by atoms with van der Waals surface area (Å²) in [5.74, 6) is 0.810. The Morgan fingerprint density at radius 1 is 1.28 bits per heavy atom. The van der Waals surface area contributed by atoms with Gasteiger partial charge in [0.25, 0.3) is 0 Å². The molecule has 0 aromatic rings. The van der Waals surface area contributed by atoms with Crippen LogP contribution in [0.15, 0.2) is 0 Å². The normalized spacial score (nSPS) is 28.0. The van der Waals surface area contributed by atoms with Gasteiger partial charge < -0.3 is 0 Å². The molecule has 3 N–H and O–H groups in total. The van der Waals surface area contributed by atoms with Gasteiger partial charge in [-0.2, -0.15) is 0 Å². The second-order valence-electron chi connectivity index (χ2n) is 5.83. The maximum atomic E-state index is 5.92. The molecule has 0 radical (unpaired) electrons. The molecule has 1 rings (SSSR count). The monoisotopic (exact) mass is 318 g/mol. The first kappa shape index (κ1) is 16.0. The average Bonchev–Trinajstić information content (AvgIpc) is 2.35. The van der Waals surface area contributed by atoms with Gasteiger partial charge in [0.1, 0.15) is 0 Å². The van der Waals surface area contributed by atoms with Crippen LogP contribution in [0.1, 0.15) is 78.1 Å². The fourth-order valence-corrected chi connectivity index (χ4v) is 3.90. The van der Waals surface area contributed by atoms with Gasteiger partial charge >= 0.3 is 121 Å². The number of unbranched alkanes of at least 4 members (excludes halogenated alkanes) is 2.